The molecule has 57 heavy (non-hydrogen) atoms. The first-order valence-corrected chi connectivity index (χ1v) is 17.3. The number of benzene rings is 4. The molecule has 10 nitrogen and oxygen atoms in total. The maximum Gasteiger partial charge on any atom is 0.416 e. The van der Waals surface area contributed by atoms with Gasteiger partial charge in [-0.05, 0) is 111 Å². The van der Waals surface area contributed by atoms with Crippen molar-refractivity contribution in [2.24, 2.45) is 0 Å². The quantitative estimate of drug-likeness (QED) is 0.117. The predicted octanol–water partition coefficient (Wildman–Crippen LogP) is 8.54. The van der Waals surface area contributed by atoms with Crippen LogP contribution in [0.4, 0.5) is 26.3 Å². The van der Waals surface area contributed by atoms with Crippen LogP contribution >= 0.6 is 15.9 Å². The Morgan fingerprint density at radius 2 is 0.947 bits per heavy atom. The van der Waals surface area contributed by atoms with E-state index in [4.69, 9.17) is 9.68 Å². The summed E-state index contributed by atoms with van der Waals surface area (Å²) in [4.78, 5) is 60.6. The van der Waals surface area contributed by atoms with Gasteiger partial charge in [0.2, 0.25) is 0 Å². The molecule has 0 bridgehead atoms. The van der Waals surface area contributed by atoms with Gasteiger partial charge >= 0.3 is 12.4 Å². The highest BCUT2D eigenvalue weighted by atomic mass is 79.9. The molecular weight excluding hydrogens is 826 g/mol. The van der Waals surface area contributed by atoms with Crippen LogP contribution < -0.4 is 31.8 Å². The summed E-state index contributed by atoms with van der Waals surface area (Å²) in [7, 11) is 0. The molecule has 4 aromatic carbocycles. The summed E-state index contributed by atoms with van der Waals surface area (Å²) in [6.07, 6.45) is -9.10. The molecule has 0 aliphatic rings. The summed E-state index contributed by atoms with van der Waals surface area (Å²) in [5.41, 5.74) is 1.25. The van der Waals surface area contributed by atoms with Gasteiger partial charge in [-0.3, -0.25) is 28.3 Å². The van der Waals surface area contributed by atoms with E-state index in [0.29, 0.717) is 22.9 Å². The zero-order chi connectivity index (χ0) is 41.5. The lowest BCUT2D eigenvalue weighted by molar-refractivity contribution is -0.138. The molecule has 0 saturated heterocycles. The van der Waals surface area contributed by atoms with Crippen molar-refractivity contribution in [2.45, 2.75) is 26.2 Å². The van der Waals surface area contributed by atoms with Crippen molar-refractivity contribution in [3.05, 3.63) is 186 Å². The first-order chi connectivity index (χ1) is 26.9. The Morgan fingerprint density at radius 1 is 0.544 bits per heavy atom. The number of halogens is 7. The van der Waals surface area contributed by atoms with Crippen molar-refractivity contribution >= 4 is 27.7 Å². The lowest BCUT2D eigenvalue weighted by Gasteiger charge is -2.14. The Balaban J connectivity index is 0.000000218. The minimum atomic E-state index is -4.55. The van der Waals surface area contributed by atoms with Gasteiger partial charge in [0.05, 0.1) is 11.1 Å². The van der Waals surface area contributed by atoms with Crippen molar-refractivity contribution in [3.8, 4) is 22.9 Å². The number of para-hydroxylation sites is 1. The van der Waals surface area contributed by atoms with E-state index >= 15 is 0 Å². The number of rotatable bonds is 8. The van der Waals surface area contributed by atoms with Gasteiger partial charge in [0.25, 0.3) is 22.9 Å². The molecule has 0 aliphatic heterocycles. The van der Waals surface area contributed by atoms with Gasteiger partial charge in [0, 0.05) is 27.2 Å². The van der Waals surface area contributed by atoms with E-state index in [-0.39, 0.29) is 22.5 Å². The molecule has 6 rings (SSSR count). The van der Waals surface area contributed by atoms with E-state index < -0.39 is 46.4 Å². The molecule has 0 fully saturated rings. The van der Waals surface area contributed by atoms with Crippen LogP contribution in [-0.2, 0) is 12.4 Å². The molecule has 6 aromatic rings. The van der Waals surface area contributed by atoms with Crippen LogP contribution in [0.2, 0.25) is 0 Å². The van der Waals surface area contributed by atoms with Gasteiger partial charge in [-0.2, -0.15) is 37.3 Å². The van der Waals surface area contributed by atoms with Crippen molar-refractivity contribution < 1.29 is 45.6 Å². The number of hydrogen-bond acceptors (Lipinski definition) is 6. The normalized spacial score (nSPS) is 11.2. The molecule has 0 unspecified atom stereocenters. The molecule has 17 heteroatoms. The molecule has 0 spiro atoms. The largest absolute Gasteiger partial charge is 0.416 e. The first-order valence-electron chi connectivity index (χ1n) is 16.5. The summed E-state index contributed by atoms with van der Waals surface area (Å²) in [5.74, 6) is -0.929. The molecule has 2 heterocycles. The zero-order valence-electron chi connectivity index (χ0n) is 29.6. The Hall–Kier alpha value is -6.62. The standard InChI is InChI=1S/C20H14BrF3N2O3.C20H15F3N2O3/c1-12-5-10-17(18(27)25-29-16-8-6-14(21)7-9-16)19(28)26(12)15-4-2-3-13(11-15)20(22,23)24;1-13-10-11-17(18(26)24-28-16-8-3-2-4-9-16)19(27)25(13)15-7-5-6-14(12-15)20(21,22)23/h2-11H,1H3,(H,25,27);2-12H,1H3,(H,24,26). The Morgan fingerprint density at radius 3 is 1.35 bits per heavy atom. The Labute approximate surface area is 328 Å². The Bertz CT molecular complexity index is 2520. The number of pyridine rings is 2. The fourth-order valence-corrected chi connectivity index (χ4v) is 5.47. The monoisotopic (exact) mass is 854 g/mol. The Kier molecular flexibility index (Phi) is 12.7. The number of aromatic nitrogens is 2. The van der Waals surface area contributed by atoms with Crippen LogP contribution in [0.25, 0.3) is 11.4 Å². The topological polar surface area (TPSA) is 121 Å². The van der Waals surface area contributed by atoms with Crippen LogP contribution in [0.1, 0.15) is 43.2 Å². The van der Waals surface area contributed by atoms with Gasteiger partial charge < -0.3 is 9.68 Å². The van der Waals surface area contributed by atoms with Crippen molar-refractivity contribution in [1.82, 2.24) is 20.1 Å². The van der Waals surface area contributed by atoms with Crippen molar-refractivity contribution in [2.75, 3.05) is 0 Å². The van der Waals surface area contributed by atoms with Gasteiger partial charge in [0.15, 0.2) is 11.5 Å². The minimum absolute atomic E-state index is 0.00537. The number of alkyl halides is 6. The number of carbonyl (C=O) groups is 2. The van der Waals surface area contributed by atoms with Crippen molar-refractivity contribution in [1.29, 1.82) is 0 Å². The van der Waals surface area contributed by atoms with E-state index in [1.165, 1.54) is 48.5 Å². The highest BCUT2D eigenvalue weighted by Gasteiger charge is 2.32. The van der Waals surface area contributed by atoms with Gasteiger partial charge in [-0.1, -0.05) is 46.3 Å². The number of hydrogen-bond donors (Lipinski definition) is 2. The highest BCUT2D eigenvalue weighted by Crippen LogP contribution is 2.31. The molecule has 2 N–H and O–H groups in total. The van der Waals surface area contributed by atoms with Crippen LogP contribution in [0.15, 0.2) is 141 Å². The second-order valence-corrected chi connectivity index (χ2v) is 12.9. The molecular formula is C40H29BrF6N4O6. The lowest BCUT2D eigenvalue weighted by Crippen LogP contribution is -2.35. The van der Waals surface area contributed by atoms with Crippen LogP contribution in [0.5, 0.6) is 11.5 Å². The second kappa shape index (κ2) is 17.5. The van der Waals surface area contributed by atoms with Crippen LogP contribution in [0, 0.1) is 13.8 Å². The number of nitrogens with zero attached hydrogens (tertiary/aromatic N) is 2. The van der Waals surface area contributed by atoms with E-state index in [1.54, 1.807) is 68.4 Å². The number of aryl methyl sites for hydroxylation is 2. The maximum absolute atomic E-state index is 13.0. The fraction of sp³-hybridized carbons (Fsp3) is 0.100. The summed E-state index contributed by atoms with van der Waals surface area (Å²) < 4.78 is 80.9. The summed E-state index contributed by atoms with van der Waals surface area (Å²) in [6, 6.07) is 29.2. The summed E-state index contributed by atoms with van der Waals surface area (Å²) in [5, 5.41) is 0. The van der Waals surface area contributed by atoms with E-state index in [1.807, 2.05) is 0 Å². The number of nitrogens with one attached hydrogen (secondary N) is 2. The van der Waals surface area contributed by atoms with Gasteiger partial charge in [-0.15, -0.1) is 0 Å². The third kappa shape index (κ3) is 10.4. The molecule has 0 aliphatic carbocycles. The molecule has 2 aromatic heterocycles. The highest BCUT2D eigenvalue weighted by molar-refractivity contribution is 9.10. The summed E-state index contributed by atoms with van der Waals surface area (Å²) >= 11 is 3.27. The van der Waals surface area contributed by atoms with Crippen LogP contribution in [0.3, 0.4) is 0 Å². The average Bonchev–Trinajstić information content (AvgIpc) is 3.17. The molecule has 0 saturated carbocycles. The van der Waals surface area contributed by atoms with E-state index in [2.05, 4.69) is 26.9 Å². The molecule has 0 radical (unpaired) electrons. The molecule has 0 atom stereocenters. The second-order valence-electron chi connectivity index (χ2n) is 12.0. The smallest absolute Gasteiger partial charge is 0.379 e. The molecule has 294 valence electrons. The third-order valence-electron chi connectivity index (χ3n) is 7.99. The maximum atomic E-state index is 13.0. The SMILES string of the molecule is Cc1ccc(C(=O)NOc2ccc(Br)cc2)c(=O)n1-c1cccc(C(F)(F)F)c1.Cc1ccc(C(=O)NOc2ccccc2)c(=O)n1-c1cccc(C(F)(F)F)c1. The summed E-state index contributed by atoms with van der Waals surface area (Å²) in [6.45, 7) is 3.12. The number of carbonyl (C=O) groups excluding carboxylic acids is 2. The van der Waals surface area contributed by atoms with Gasteiger partial charge in [0.1, 0.15) is 11.1 Å². The number of amides is 2. The third-order valence-corrected chi connectivity index (χ3v) is 8.52. The van der Waals surface area contributed by atoms with Gasteiger partial charge in [-0.25, -0.2) is 0 Å². The average molecular weight is 856 g/mol. The minimum Gasteiger partial charge on any atom is -0.379 e. The first kappa shape index (κ1) is 41.5. The predicted molar refractivity (Wildman–Crippen MR) is 200 cm³/mol. The van der Waals surface area contributed by atoms with E-state index in [9.17, 15) is 45.5 Å². The fourth-order valence-electron chi connectivity index (χ4n) is 5.20. The van der Waals surface area contributed by atoms with E-state index in [0.717, 1.165) is 37.9 Å². The van der Waals surface area contributed by atoms with Crippen LogP contribution in [-0.4, -0.2) is 20.9 Å². The molecule has 2 amide bonds. The lowest BCUT2D eigenvalue weighted by atomic mass is 10.1. The number of hydroxylamine groups is 2. The zero-order valence-corrected chi connectivity index (χ0v) is 31.2. The van der Waals surface area contributed by atoms with Crippen molar-refractivity contribution in [3.63, 3.8) is 0 Å².